The van der Waals surface area contributed by atoms with Crippen LogP contribution in [0.3, 0.4) is 0 Å². The lowest BCUT2D eigenvalue weighted by Crippen LogP contribution is -2.15. The highest BCUT2D eigenvalue weighted by atomic mass is 16.3. The first-order valence-corrected chi connectivity index (χ1v) is 4.52. The number of nitrogens with two attached hydrogens (primary N) is 1. The van der Waals surface area contributed by atoms with Gasteiger partial charge in [-0.3, -0.25) is 0 Å². The molecule has 4 heteroatoms. The molecule has 14 heavy (non-hydrogen) atoms. The summed E-state index contributed by atoms with van der Waals surface area (Å²) in [5, 5.41) is 9.02. The first kappa shape index (κ1) is 9.18. The highest BCUT2D eigenvalue weighted by molar-refractivity contribution is 5.59. The Labute approximate surface area is 82.0 Å². The molecule has 1 atom stereocenters. The lowest BCUT2D eigenvalue weighted by molar-refractivity contribution is 0.268. The molecule has 0 saturated carbocycles. The van der Waals surface area contributed by atoms with Crippen LogP contribution in [-0.4, -0.2) is 21.1 Å². The van der Waals surface area contributed by atoms with Gasteiger partial charge in [-0.2, -0.15) is 0 Å². The van der Waals surface area contributed by atoms with E-state index in [4.69, 9.17) is 10.8 Å². The second-order valence-electron chi connectivity index (χ2n) is 3.34. The van der Waals surface area contributed by atoms with Crippen molar-refractivity contribution in [2.24, 2.45) is 5.73 Å². The van der Waals surface area contributed by atoms with E-state index >= 15 is 0 Å². The average Bonchev–Trinajstić information content (AvgIpc) is 2.59. The Morgan fingerprint density at radius 1 is 1.64 bits per heavy atom. The summed E-state index contributed by atoms with van der Waals surface area (Å²) in [6, 6.07) is 3.48. The number of fused-ring (bicyclic) bond motifs is 1. The molecule has 2 aromatic heterocycles. The highest BCUT2D eigenvalue weighted by Crippen LogP contribution is 2.19. The number of aliphatic hydroxyl groups is 1. The number of hydrogen-bond acceptors (Lipinski definition) is 3. The number of nitrogens with zero attached hydrogens (tertiary/aromatic N) is 2. The van der Waals surface area contributed by atoms with Crippen LogP contribution in [0, 0.1) is 6.92 Å². The monoisotopic (exact) mass is 191 g/mol. The standard InChI is InChI=1S/C10H13N3O/c1-7-10-8(9(11)5-14)3-2-4-13(10)6-12-7/h2-4,6,9,14H,5,11H2,1H3. The molecule has 2 aromatic rings. The van der Waals surface area contributed by atoms with Crippen molar-refractivity contribution in [2.75, 3.05) is 6.61 Å². The molecule has 0 bridgehead atoms. The van der Waals surface area contributed by atoms with E-state index in [0.717, 1.165) is 16.8 Å². The summed E-state index contributed by atoms with van der Waals surface area (Å²) in [5.41, 5.74) is 8.66. The third-order valence-electron chi connectivity index (χ3n) is 2.37. The van der Waals surface area contributed by atoms with Gasteiger partial charge in [-0.25, -0.2) is 4.98 Å². The average molecular weight is 191 g/mol. The Balaban J connectivity index is 2.69. The molecule has 0 aromatic carbocycles. The van der Waals surface area contributed by atoms with E-state index in [1.807, 2.05) is 29.7 Å². The molecule has 0 fully saturated rings. The molecule has 0 aliphatic carbocycles. The molecule has 1 unspecified atom stereocenters. The van der Waals surface area contributed by atoms with Crippen LogP contribution in [0.5, 0.6) is 0 Å². The molecule has 0 spiro atoms. The van der Waals surface area contributed by atoms with Gasteiger partial charge >= 0.3 is 0 Å². The van der Waals surface area contributed by atoms with Crippen LogP contribution in [0.15, 0.2) is 24.7 Å². The van der Waals surface area contributed by atoms with Crippen LogP contribution in [0.2, 0.25) is 0 Å². The van der Waals surface area contributed by atoms with Crippen LogP contribution in [0.1, 0.15) is 17.3 Å². The molecular weight excluding hydrogens is 178 g/mol. The van der Waals surface area contributed by atoms with Gasteiger partial charge in [0.2, 0.25) is 0 Å². The van der Waals surface area contributed by atoms with Crippen molar-refractivity contribution in [3.05, 3.63) is 35.9 Å². The van der Waals surface area contributed by atoms with Crippen molar-refractivity contribution >= 4 is 5.52 Å². The molecule has 0 saturated heterocycles. The fourth-order valence-corrected chi connectivity index (χ4v) is 1.64. The van der Waals surface area contributed by atoms with E-state index in [1.54, 1.807) is 6.33 Å². The Morgan fingerprint density at radius 2 is 2.43 bits per heavy atom. The van der Waals surface area contributed by atoms with Crippen molar-refractivity contribution in [1.82, 2.24) is 9.38 Å². The van der Waals surface area contributed by atoms with Crippen LogP contribution < -0.4 is 5.73 Å². The van der Waals surface area contributed by atoms with E-state index in [1.165, 1.54) is 0 Å². The zero-order chi connectivity index (χ0) is 10.1. The Bertz CT molecular complexity index is 450. The lowest BCUT2D eigenvalue weighted by atomic mass is 10.1. The maximum absolute atomic E-state index is 9.02. The van der Waals surface area contributed by atoms with Gasteiger partial charge in [0.1, 0.15) is 0 Å². The van der Waals surface area contributed by atoms with Crippen LogP contribution in [0.25, 0.3) is 5.52 Å². The maximum atomic E-state index is 9.02. The number of hydrogen-bond donors (Lipinski definition) is 2. The first-order valence-electron chi connectivity index (χ1n) is 4.52. The number of aryl methyl sites for hydroxylation is 1. The van der Waals surface area contributed by atoms with Crippen molar-refractivity contribution < 1.29 is 5.11 Å². The van der Waals surface area contributed by atoms with Crippen molar-refractivity contribution in [3.8, 4) is 0 Å². The largest absolute Gasteiger partial charge is 0.394 e. The molecule has 3 N–H and O–H groups in total. The van der Waals surface area contributed by atoms with Gasteiger partial charge in [0.05, 0.1) is 30.2 Å². The molecule has 0 radical (unpaired) electrons. The zero-order valence-electron chi connectivity index (χ0n) is 8.01. The minimum Gasteiger partial charge on any atom is -0.394 e. The molecule has 0 aliphatic heterocycles. The normalized spacial score (nSPS) is 13.4. The van der Waals surface area contributed by atoms with E-state index in [-0.39, 0.29) is 12.6 Å². The maximum Gasteiger partial charge on any atom is 0.0995 e. The fraction of sp³-hybridized carbons (Fsp3) is 0.300. The fourth-order valence-electron chi connectivity index (χ4n) is 1.64. The lowest BCUT2D eigenvalue weighted by Gasteiger charge is -2.10. The second-order valence-corrected chi connectivity index (χ2v) is 3.34. The zero-order valence-corrected chi connectivity index (χ0v) is 8.01. The number of pyridine rings is 1. The van der Waals surface area contributed by atoms with E-state index in [2.05, 4.69) is 4.98 Å². The summed E-state index contributed by atoms with van der Waals surface area (Å²) in [7, 11) is 0. The smallest absolute Gasteiger partial charge is 0.0995 e. The molecule has 0 aliphatic rings. The summed E-state index contributed by atoms with van der Waals surface area (Å²) in [5.74, 6) is 0. The number of rotatable bonds is 2. The van der Waals surface area contributed by atoms with Gasteiger partial charge in [0.15, 0.2) is 0 Å². The quantitative estimate of drug-likeness (QED) is 0.732. The predicted molar refractivity (Wildman–Crippen MR) is 53.9 cm³/mol. The van der Waals surface area contributed by atoms with Gasteiger partial charge in [0.25, 0.3) is 0 Å². The Kier molecular flexibility index (Phi) is 2.23. The number of aliphatic hydroxyl groups excluding tert-OH is 1. The Morgan fingerprint density at radius 3 is 3.14 bits per heavy atom. The molecule has 2 rings (SSSR count). The summed E-state index contributed by atoms with van der Waals surface area (Å²) in [4.78, 5) is 4.20. The summed E-state index contributed by atoms with van der Waals surface area (Å²) < 4.78 is 1.92. The van der Waals surface area contributed by atoms with E-state index < -0.39 is 0 Å². The second kappa shape index (κ2) is 3.40. The molecule has 0 amide bonds. The molecule has 4 nitrogen and oxygen atoms in total. The predicted octanol–water partition coefficient (Wildman–Crippen LogP) is 0.635. The molecule has 74 valence electrons. The third-order valence-corrected chi connectivity index (χ3v) is 2.37. The minimum absolute atomic E-state index is 0.0513. The number of aromatic nitrogens is 2. The van der Waals surface area contributed by atoms with Crippen LogP contribution >= 0.6 is 0 Å². The van der Waals surface area contributed by atoms with E-state index in [9.17, 15) is 0 Å². The van der Waals surface area contributed by atoms with Crippen molar-refractivity contribution in [3.63, 3.8) is 0 Å². The topological polar surface area (TPSA) is 63.5 Å². The van der Waals surface area contributed by atoms with Crippen LogP contribution in [0.4, 0.5) is 0 Å². The van der Waals surface area contributed by atoms with Gasteiger partial charge < -0.3 is 15.2 Å². The van der Waals surface area contributed by atoms with Gasteiger partial charge in [-0.15, -0.1) is 0 Å². The summed E-state index contributed by atoms with van der Waals surface area (Å²) in [6.07, 6.45) is 3.67. The minimum atomic E-state index is -0.339. The third kappa shape index (κ3) is 1.29. The Hall–Kier alpha value is -1.39. The van der Waals surface area contributed by atoms with E-state index in [0.29, 0.717) is 0 Å². The summed E-state index contributed by atoms with van der Waals surface area (Å²) in [6.45, 7) is 1.88. The summed E-state index contributed by atoms with van der Waals surface area (Å²) >= 11 is 0. The van der Waals surface area contributed by atoms with Gasteiger partial charge in [-0.1, -0.05) is 6.07 Å². The van der Waals surface area contributed by atoms with Gasteiger partial charge in [-0.05, 0) is 18.6 Å². The van der Waals surface area contributed by atoms with Crippen molar-refractivity contribution in [1.29, 1.82) is 0 Å². The molecular formula is C10H13N3O. The number of imidazole rings is 1. The van der Waals surface area contributed by atoms with Gasteiger partial charge in [0, 0.05) is 6.20 Å². The molecule has 2 heterocycles. The van der Waals surface area contributed by atoms with Crippen LogP contribution in [-0.2, 0) is 0 Å². The van der Waals surface area contributed by atoms with Crippen molar-refractivity contribution in [2.45, 2.75) is 13.0 Å². The highest BCUT2D eigenvalue weighted by Gasteiger charge is 2.11. The first-order chi connectivity index (χ1) is 6.74. The SMILES string of the molecule is Cc1ncn2cccc(C(N)CO)c12.